The van der Waals surface area contributed by atoms with E-state index in [1.165, 1.54) is 7.11 Å². The van der Waals surface area contributed by atoms with Gasteiger partial charge in [-0.3, -0.25) is 9.59 Å². The SMILES string of the molecule is COc1ncccc1NC(=O)[C@@H]1CCCN(C(=O)C2CC2)C1. The molecule has 2 amide bonds. The number of pyridine rings is 1. The fourth-order valence-electron chi connectivity index (χ4n) is 2.86. The van der Waals surface area contributed by atoms with Crippen molar-refractivity contribution in [2.24, 2.45) is 11.8 Å². The molecule has 1 aromatic heterocycles. The zero-order valence-electron chi connectivity index (χ0n) is 12.7. The van der Waals surface area contributed by atoms with E-state index in [9.17, 15) is 9.59 Å². The van der Waals surface area contributed by atoms with Gasteiger partial charge in [0.2, 0.25) is 17.7 Å². The molecule has 1 aromatic rings. The Bertz CT molecular complexity index is 572. The fourth-order valence-corrected chi connectivity index (χ4v) is 2.86. The van der Waals surface area contributed by atoms with Gasteiger partial charge in [0, 0.05) is 25.2 Å². The van der Waals surface area contributed by atoms with Crippen LogP contribution in [-0.2, 0) is 9.59 Å². The molecule has 0 unspecified atom stereocenters. The highest BCUT2D eigenvalue weighted by atomic mass is 16.5. The molecule has 0 bridgehead atoms. The number of likely N-dealkylation sites (tertiary alicyclic amines) is 1. The number of anilines is 1. The van der Waals surface area contributed by atoms with Crippen LogP contribution in [0.25, 0.3) is 0 Å². The largest absolute Gasteiger partial charge is 0.480 e. The lowest BCUT2D eigenvalue weighted by molar-refractivity contribution is -0.135. The first kappa shape index (κ1) is 14.8. The predicted octanol–water partition coefficient (Wildman–Crippen LogP) is 1.68. The molecule has 6 nitrogen and oxygen atoms in total. The molecule has 2 aliphatic rings. The fraction of sp³-hybridized carbons (Fsp3) is 0.562. The number of carbonyl (C=O) groups is 2. The summed E-state index contributed by atoms with van der Waals surface area (Å²) in [5.74, 6) is 0.593. The Hall–Kier alpha value is -2.11. The molecular formula is C16H21N3O3. The number of carbonyl (C=O) groups excluding carboxylic acids is 2. The predicted molar refractivity (Wildman–Crippen MR) is 81.4 cm³/mol. The third kappa shape index (κ3) is 3.21. The van der Waals surface area contributed by atoms with Crippen molar-refractivity contribution in [3.05, 3.63) is 18.3 Å². The second-order valence-corrected chi connectivity index (χ2v) is 5.95. The number of hydrogen-bond donors (Lipinski definition) is 1. The molecule has 1 N–H and O–H groups in total. The second kappa shape index (κ2) is 6.34. The zero-order valence-corrected chi connectivity index (χ0v) is 12.7. The van der Waals surface area contributed by atoms with E-state index in [0.717, 1.165) is 32.2 Å². The number of rotatable bonds is 4. The lowest BCUT2D eigenvalue weighted by atomic mass is 9.96. The number of nitrogens with zero attached hydrogens (tertiary/aromatic N) is 2. The first-order chi connectivity index (χ1) is 10.7. The van der Waals surface area contributed by atoms with Crippen LogP contribution in [0, 0.1) is 11.8 Å². The van der Waals surface area contributed by atoms with Crippen LogP contribution < -0.4 is 10.1 Å². The van der Waals surface area contributed by atoms with E-state index in [4.69, 9.17) is 4.74 Å². The maximum absolute atomic E-state index is 12.5. The summed E-state index contributed by atoms with van der Waals surface area (Å²) >= 11 is 0. The summed E-state index contributed by atoms with van der Waals surface area (Å²) in [6.45, 7) is 1.29. The van der Waals surface area contributed by atoms with Gasteiger partial charge in [0.05, 0.1) is 13.0 Å². The molecule has 2 heterocycles. The minimum atomic E-state index is -0.165. The molecule has 1 saturated carbocycles. The van der Waals surface area contributed by atoms with Gasteiger partial charge in [-0.15, -0.1) is 0 Å². The van der Waals surface area contributed by atoms with Crippen molar-refractivity contribution in [1.82, 2.24) is 9.88 Å². The number of nitrogens with one attached hydrogen (secondary N) is 1. The van der Waals surface area contributed by atoms with Crippen LogP contribution in [0.1, 0.15) is 25.7 Å². The number of methoxy groups -OCH3 is 1. The minimum absolute atomic E-state index is 0.0698. The van der Waals surface area contributed by atoms with Gasteiger partial charge < -0.3 is 15.0 Å². The van der Waals surface area contributed by atoms with Gasteiger partial charge in [0.15, 0.2) is 0 Å². The third-order valence-corrected chi connectivity index (χ3v) is 4.25. The lowest BCUT2D eigenvalue weighted by Gasteiger charge is -2.32. The van der Waals surface area contributed by atoms with E-state index < -0.39 is 0 Å². The van der Waals surface area contributed by atoms with Gasteiger partial charge in [0.25, 0.3) is 0 Å². The molecule has 1 atom stereocenters. The molecule has 1 aliphatic heterocycles. The van der Waals surface area contributed by atoms with Gasteiger partial charge >= 0.3 is 0 Å². The molecular weight excluding hydrogens is 282 g/mol. The molecule has 1 saturated heterocycles. The van der Waals surface area contributed by atoms with Crippen LogP contribution in [0.3, 0.4) is 0 Å². The Morgan fingerprint density at radius 3 is 2.86 bits per heavy atom. The van der Waals surface area contributed by atoms with E-state index in [2.05, 4.69) is 10.3 Å². The van der Waals surface area contributed by atoms with E-state index in [0.29, 0.717) is 18.1 Å². The van der Waals surface area contributed by atoms with Crippen molar-refractivity contribution < 1.29 is 14.3 Å². The summed E-state index contributed by atoms with van der Waals surface area (Å²) < 4.78 is 5.14. The monoisotopic (exact) mass is 303 g/mol. The number of aromatic nitrogens is 1. The Morgan fingerprint density at radius 2 is 2.14 bits per heavy atom. The van der Waals surface area contributed by atoms with Gasteiger partial charge in [-0.25, -0.2) is 4.98 Å². The topological polar surface area (TPSA) is 71.5 Å². The van der Waals surface area contributed by atoms with Gasteiger partial charge in [-0.1, -0.05) is 0 Å². The highest BCUT2D eigenvalue weighted by molar-refractivity contribution is 5.94. The van der Waals surface area contributed by atoms with E-state index >= 15 is 0 Å². The Labute approximate surface area is 129 Å². The average Bonchev–Trinajstić information content (AvgIpc) is 3.39. The second-order valence-electron chi connectivity index (χ2n) is 5.95. The quantitative estimate of drug-likeness (QED) is 0.918. The van der Waals surface area contributed by atoms with Crippen molar-refractivity contribution >= 4 is 17.5 Å². The highest BCUT2D eigenvalue weighted by Gasteiger charge is 2.36. The molecule has 118 valence electrons. The van der Waals surface area contributed by atoms with Gasteiger partial charge in [-0.05, 0) is 37.8 Å². The molecule has 22 heavy (non-hydrogen) atoms. The molecule has 0 radical (unpaired) electrons. The number of hydrogen-bond acceptors (Lipinski definition) is 4. The lowest BCUT2D eigenvalue weighted by Crippen LogP contribution is -2.44. The minimum Gasteiger partial charge on any atom is -0.480 e. The van der Waals surface area contributed by atoms with Crippen molar-refractivity contribution in [3.63, 3.8) is 0 Å². The summed E-state index contributed by atoms with van der Waals surface area (Å²) in [5.41, 5.74) is 0.570. The van der Waals surface area contributed by atoms with Crippen molar-refractivity contribution in [3.8, 4) is 5.88 Å². The highest BCUT2D eigenvalue weighted by Crippen LogP contribution is 2.32. The maximum Gasteiger partial charge on any atom is 0.237 e. The summed E-state index contributed by atoms with van der Waals surface area (Å²) in [6.07, 6.45) is 5.30. The molecule has 1 aliphatic carbocycles. The van der Waals surface area contributed by atoms with Crippen LogP contribution in [0.4, 0.5) is 5.69 Å². The van der Waals surface area contributed by atoms with Gasteiger partial charge in [0.1, 0.15) is 5.69 Å². The Morgan fingerprint density at radius 1 is 1.32 bits per heavy atom. The van der Waals surface area contributed by atoms with Gasteiger partial charge in [-0.2, -0.15) is 0 Å². The van der Waals surface area contributed by atoms with Crippen LogP contribution in [0.2, 0.25) is 0 Å². The number of amides is 2. The Balaban J connectivity index is 1.62. The maximum atomic E-state index is 12.5. The standard InChI is InChI=1S/C16H21N3O3/c1-22-15-13(5-2-8-17-15)18-14(20)12-4-3-9-19(10-12)16(21)11-6-7-11/h2,5,8,11-12H,3-4,6-7,9-10H2,1H3,(H,18,20)/t12-/m1/s1. The van der Waals surface area contributed by atoms with E-state index in [1.54, 1.807) is 18.3 Å². The van der Waals surface area contributed by atoms with Crippen molar-refractivity contribution in [1.29, 1.82) is 0 Å². The molecule has 6 heteroatoms. The van der Waals surface area contributed by atoms with Crippen molar-refractivity contribution in [2.45, 2.75) is 25.7 Å². The van der Waals surface area contributed by atoms with Crippen LogP contribution in [0.15, 0.2) is 18.3 Å². The first-order valence-electron chi connectivity index (χ1n) is 7.77. The Kier molecular flexibility index (Phi) is 4.27. The molecule has 3 rings (SSSR count). The number of piperidine rings is 1. The summed E-state index contributed by atoms with van der Waals surface area (Å²) in [6, 6.07) is 3.52. The van der Waals surface area contributed by atoms with E-state index in [-0.39, 0.29) is 23.7 Å². The smallest absolute Gasteiger partial charge is 0.237 e. The molecule has 2 fully saturated rings. The van der Waals surface area contributed by atoms with Crippen LogP contribution in [0.5, 0.6) is 5.88 Å². The molecule has 0 spiro atoms. The number of ether oxygens (including phenoxy) is 1. The van der Waals surface area contributed by atoms with E-state index in [1.807, 2.05) is 4.90 Å². The normalized spacial score (nSPS) is 21.3. The molecule has 0 aromatic carbocycles. The third-order valence-electron chi connectivity index (χ3n) is 4.25. The first-order valence-corrected chi connectivity index (χ1v) is 7.77. The van der Waals surface area contributed by atoms with Crippen LogP contribution in [-0.4, -0.2) is 41.9 Å². The van der Waals surface area contributed by atoms with Crippen molar-refractivity contribution in [2.75, 3.05) is 25.5 Å². The summed E-state index contributed by atoms with van der Waals surface area (Å²) in [4.78, 5) is 30.5. The summed E-state index contributed by atoms with van der Waals surface area (Å²) in [5, 5.41) is 2.87. The summed E-state index contributed by atoms with van der Waals surface area (Å²) in [7, 11) is 1.52. The van der Waals surface area contributed by atoms with Crippen LogP contribution >= 0.6 is 0 Å². The zero-order chi connectivity index (χ0) is 15.5. The average molecular weight is 303 g/mol.